The standard InChI is InChI=1S/C12H23NO4/c1-9-5-12(7-14,8-15)6-13(9)10(16)17-11(2,3)4/h9,14-15H,5-8H2,1-4H3. The van der Waals surface area contributed by atoms with Crippen LogP contribution in [0.1, 0.15) is 34.1 Å². The monoisotopic (exact) mass is 245 g/mol. The molecule has 0 aromatic heterocycles. The van der Waals surface area contributed by atoms with E-state index in [1.807, 2.05) is 27.7 Å². The van der Waals surface area contributed by atoms with E-state index < -0.39 is 11.0 Å². The van der Waals surface area contributed by atoms with Gasteiger partial charge in [0.1, 0.15) is 5.60 Å². The third kappa shape index (κ3) is 3.33. The molecule has 1 saturated heterocycles. The summed E-state index contributed by atoms with van der Waals surface area (Å²) in [4.78, 5) is 13.5. The predicted octanol–water partition coefficient (Wildman–Crippen LogP) is 0.987. The van der Waals surface area contributed by atoms with Crippen molar-refractivity contribution < 1.29 is 19.7 Å². The van der Waals surface area contributed by atoms with Crippen LogP contribution in [-0.4, -0.2) is 52.6 Å². The van der Waals surface area contributed by atoms with E-state index in [0.717, 1.165) is 0 Å². The highest BCUT2D eigenvalue weighted by atomic mass is 16.6. The Hall–Kier alpha value is -0.810. The minimum absolute atomic E-state index is 0.0239. The van der Waals surface area contributed by atoms with E-state index in [-0.39, 0.29) is 25.3 Å². The first-order valence-electron chi connectivity index (χ1n) is 5.94. The van der Waals surface area contributed by atoms with Gasteiger partial charge in [-0.1, -0.05) is 0 Å². The average molecular weight is 245 g/mol. The molecule has 5 nitrogen and oxygen atoms in total. The highest BCUT2D eigenvalue weighted by molar-refractivity contribution is 5.69. The van der Waals surface area contributed by atoms with Gasteiger partial charge in [0.25, 0.3) is 0 Å². The first kappa shape index (κ1) is 14.3. The van der Waals surface area contributed by atoms with Crippen LogP contribution in [0, 0.1) is 5.41 Å². The maximum absolute atomic E-state index is 11.9. The fourth-order valence-corrected chi connectivity index (χ4v) is 2.16. The molecule has 1 unspecified atom stereocenters. The lowest BCUT2D eigenvalue weighted by Crippen LogP contribution is -2.40. The van der Waals surface area contributed by atoms with Crippen LogP contribution >= 0.6 is 0 Å². The minimum atomic E-state index is -0.587. The van der Waals surface area contributed by atoms with Crippen molar-refractivity contribution in [3.63, 3.8) is 0 Å². The van der Waals surface area contributed by atoms with Crippen LogP contribution in [0.4, 0.5) is 4.79 Å². The molecule has 1 rings (SSSR count). The molecule has 0 radical (unpaired) electrons. The van der Waals surface area contributed by atoms with Crippen LogP contribution in [-0.2, 0) is 4.74 Å². The summed E-state index contributed by atoms with van der Waals surface area (Å²) in [5.41, 5.74) is -1.11. The van der Waals surface area contributed by atoms with Crippen LogP contribution in [0.25, 0.3) is 0 Å². The summed E-state index contributed by atoms with van der Waals surface area (Å²) >= 11 is 0. The molecule has 1 heterocycles. The third-order valence-corrected chi connectivity index (χ3v) is 3.07. The van der Waals surface area contributed by atoms with Crippen LogP contribution < -0.4 is 0 Å². The Morgan fingerprint density at radius 1 is 1.41 bits per heavy atom. The Bertz CT molecular complexity index is 281. The van der Waals surface area contributed by atoms with Crippen molar-refractivity contribution in [2.75, 3.05) is 19.8 Å². The van der Waals surface area contributed by atoms with Crippen molar-refractivity contribution >= 4 is 6.09 Å². The smallest absolute Gasteiger partial charge is 0.410 e. The van der Waals surface area contributed by atoms with Crippen molar-refractivity contribution in [1.29, 1.82) is 0 Å². The highest BCUT2D eigenvalue weighted by Crippen LogP contribution is 2.34. The predicted molar refractivity (Wildman–Crippen MR) is 63.6 cm³/mol. The topological polar surface area (TPSA) is 70.0 Å². The van der Waals surface area contributed by atoms with Crippen molar-refractivity contribution in [2.45, 2.75) is 45.8 Å². The number of nitrogens with zero attached hydrogens (tertiary/aromatic N) is 1. The van der Waals surface area contributed by atoms with Crippen LogP contribution in [0.2, 0.25) is 0 Å². The molecule has 1 atom stereocenters. The molecule has 1 aliphatic rings. The fourth-order valence-electron chi connectivity index (χ4n) is 2.16. The van der Waals surface area contributed by atoms with Crippen molar-refractivity contribution in [1.82, 2.24) is 4.90 Å². The molecule has 100 valence electrons. The number of rotatable bonds is 2. The number of hydrogen-bond acceptors (Lipinski definition) is 4. The summed E-state index contributed by atoms with van der Waals surface area (Å²) < 4.78 is 5.30. The van der Waals surface area contributed by atoms with Gasteiger partial charge >= 0.3 is 6.09 Å². The van der Waals surface area contributed by atoms with Gasteiger partial charge in [-0.05, 0) is 34.1 Å². The Balaban J connectivity index is 2.71. The first-order valence-corrected chi connectivity index (χ1v) is 5.94. The zero-order valence-electron chi connectivity index (χ0n) is 11.1. The zero-order chi connectivity index (χ0) is 13.3. The van der Waals surface area contributed by atoms with E-state index in [4.69, 9.17) is 4.74 Å². The summed E-state index contributed by atoms with van der Waals surface area (Å²) in [6.07, 6.45) is 0.216. The number of carbonyl (C=O) groups is 1. The van der Waals surface area contributed by atoms with Crippen LogP contribution in [0.5, 0.6) is 0 Å². The van der Waals surface area contributed by atoms with E-state index in [2.05, 4.69) is 0 Å². The molecule has 2 N–H and O–H groups in total. The molecule has 0 aromatic rings. The Kier molecular flexibility index (Phi) is 4.04. The Labute approximate surface area is 102 Å². The first-order chi connectivity index (χ1) is 7.73. The fraction of sp³-hybridized carbons (Fsp3) is 0.917. The molecule has 5 heteroatoms. The number of likely N-dealkylation sites (tertiary alicyclic amines) is 1. The van der Waals surface area contributed by atoms with Crippen molar-refractivity contribution in [3.05, 3.63) is 0 Å². The van der Waals surface area contributed by atoms with E-state index in [9.17, 15) is 15.0 Å². The lowest BCUT2D eigenvalue weighted by molar-refractivity contribution is 0.0171. The molecule has 0 bridgehead atoms. The second-order valence-electron chi connectivity index (χ2n) is 5.98. The molecule has 1 fully saturated rings. The van der Waals surface area contributed by atoms with E-state index >= 15 is 0 Å². The summed E-state index contributed by atoms with van der Waals surface area (Å²) in [6, 6.07) is -0.0239. The van der Waals surface area contributed by atoms with Crippen molar-refractivity contribution in [2.24, 2.45) is 5.41 Å². The van der Waals surface area contributed by atoms with E-state index in [1.54, 1.807) is 4.90 Å². The summed E-state index contributed by atoms with van der Waals surface area (Å²) in [7, 11) is 0. The Morgan fingerprint density at radius 2 is 1.94 bits per heavy atom. The van der Waals surface area contributed by atoms with Crippen LogP contribution in [0.3, 0.4) is 0 Å². The Morgan fingerprint density at radius 3 is 2.29 bits per heavy atom. The number of aliphatic hydroxyl groups excluding tert-OH is 2. The van der Waals surface area contributed by atoms with Gasteiger partial charge < -0.3 is 19.8 Å². The second-order valence-corrected chi connectivity index (χ2v) is 5.98. The number of carbonyl (C=O) groups excluding carboxylic acids is 1. The van der Waals surface area contributed by atoms with Gasteiger partial charge in [-0.25, -0.2) is 4.79 Å². The SMILES string of the molecule is CC1CC(CO)(CO)CN1C(=O)OC(C)(C)C. The molecule has 0 aliphatic carbocycles. The summed E-state index contributed by atoms with van der Waals surface area (Å²) in [5.74, 6) is 0. The van der Waals surface area contributed by atoms with Gasteiger partial charge in [0.2, 0.25) is 0 Å². The molecule has 17 heavy (non-hydrogen) atoms. The molecule has 1 aliphatic heterocycles. The van der Waals surface area contributed by atoms with E-state index in [0.29, 0.717) is 13.0 Å². The van der Waals surface area contributed by atoms with Crippen molar-refractivity contribution in [3.8, 4) is 0 Å². The molecule has 1 amide bonds. The van der Waals surface area contributed by atoms with Gasteiger partial charge in [0.15, 0.2) is 0 Å². The number of hydrogen-bond donors (Lipinski definition) is 2. The quantitative estimate of drug-likeness (QED) is 0.761. The molecule has 0 saturated carbocycles. The second kappa shape index (κ2) is 4.82. The molecular weight excluding hydrogens is 222 g/mol. The lowest BCUT2D eigenvalue weighted by Gasteiger charge is -2.28. The third-order valence-electron chi connectivity index (χ3n) is 3.07. The summed E-state index contributed by atoms with van der Waals surface area (Å²) in [5, 5.41) is 18.7. The largest absolute Gasteiger partial charge is 0.444 e. The number of amides is 1. The van der Waals surface area contributed by atoms with Gasteiger partial charge in [0.05, 0.1) is 13.2 Å². The van der Waals surface area contributed by atoms with Gasteiger partial charge in [-0.3, -0.25) is 0 Å². The lowest BCUT2D eigenvalue weighted by atomic mass is 9.88. The normalized spacial score (nSPS) is 23.9. The van der Waals surface area contributed by atoms with Gasteiger partial charge in [-0.15, -0.1) is 0 Å². The maximum atomic E-state index is 11.9. The zero-order valence-corrected chi connectivity index (χ0v) is 11.1. The maximum Gasteiger partial charge on any atom is 0.410 e. The van der Waals surface area contributed by atoms with Gasteiger partial charge in [0, 0.05) is 18.0 Å². The summed E-state index contributed by atoms with van der Waals surface area (Å²) in [6.45, 7) is 7.46. The number of ether oxygens (including phenoxy) is 1. The number of aliphatic hydroxyl groups is 2. The minimum Gasteiger partial charge on any atom is -0.444 e. The highest BCUT2D eigenvalue weighted by Gasteiger charge is 2.44. The molecular formula is C12H23NO4. The van der Waals surface area contributed by atoms with Crippen LogP contribution in [0.15, 0.2) is 0 Å². The molecule has 0 aromatic carbocycles. The van der Waals surface area contributed by atoms with E-state index in [1.165, 1.54) is 0 Å². The average Bonchev–Trinajstić information content (AvgIpc) is 2.54. The molecule has 0 spiro atoms. The van der Waals surface area contributed by atoms with Gasteiger partial charge in [-0.2, -0.15) is 0 Å².